The first-order chi connectivity index (χ1) is 14.5. The Morgan fingerprint density at radius 2 is 2.03 bits per heavy atom. The summed E-state index contributed by atoms with van der Waals surface area (Å²) in [6.45, 7) is 3.53. The van der Waals surface area contributed by atoms with Gasteiger partial charge in [0.2, 0.25) is 6.73 Å². The second-order valence-electron chi connectivity index (χ2n) is 7.47. The van der Waals surface area contributed by atoms with Crippen molar-refractivity contribution in [2.45, 2.75) is 26.3 Å². The zero-order valence-electron chi connectivity index (χ0n) is 16.9. The molecule has 6 nitrogen and oxygen atoms in total. The molecule has 0 saturated heterocycles. The van der Waals surface area contributed by atoms with Crippen molar-refractivity contribution in [3.8, 4) is 5.75 Å². The van der Waals surface area contributed by atoms with Crippen LogP contribution in [0.4, 0.5) is 4.39 Å². The number of aryl methyl sites for hydroxylation is 1. The smallest absolute Gasteiger partial charge is 0.340 e. The minimum atomic E-state index is -0.544. The van der Waals surface area contributed by atoms with Crippen LogP contribution in [0.5, 0.6) is 5.75 Å². The van der Waals surface area contributed by atoms with E-state index in [4.69, 9.17) is 9.15 Å². The van der Waals surface area contributed by atoms with Gasteiger partial charge in [-0.3, -0.25) is 9.69 Å². The van der Waals surface area contributed by atoms with Crippen LogP contribution in [0.2, 0.25) is 0 Å². The molecule has 1 N–H and O–H groups in total. The van der Waals surface area contributed by atoms with Crippen LogP contribution in [0.15, 0.2) is 45.6 Å². The molecule has 0 radical (unpaired) electrons. The van der Waals surface area contributed by atoms with Crippen LogP contribution >= 0.6 is 0 Å². The van der Waals surface area contributed by atoms with Crippen molar-refractivity contribution in [1.82, 2.24) is 0 Å². The number of quaternary nitrogens is 1. The highest BCUT2D eigenvalue weighted by Gasteiger charge is 2.26. The van der Waals surface area contributed by atoms with Crippen LogP contribution in [-0.4, -0.2) is 26.4 Å². The first-order valence-corrected chi connectivity index (χ1v) is 9.82. The average molecular weight is 412 g/mol. The number of fused-ring (bicyclic) bond motifs is 3. The average Bonchev–Trinajstić information content (AvgIpc) is 2.75. The third kappa shape index (κ3) is 3.80. The molecule has 0 saturated carbocycles. The molecule has 1 aliphatic rings. The summed E-state index contributed by atoms with van der Waals surface area (Å²) in [5.41, 5.74) is 2.42. The summed E-state index contributed by atoms with van der Waals surface area (Å²) < 4.78 is 30.1. The molecule has 0 bridgehead atoms. The lowest BCUT2D eigenvalue weighted by Gasteiger charge is -2.26. The van der Waals surface area contributed by atoms with E-state index in [9.17, 15) is 14.0 Å². The minimum absolute atomic E-state index is 0.131. The van der Waals surface area contributed by atoms with Crippen LogP contribution in [0.3, 0.4) is 0 Å². The third-order valence-corrected chi connectivity index (χ3v) is 5.63. The van der Waals surface area contributed by atoms with Crippen LogP contribution in [0.1, 0.15) is 22.3 Å². The summed E-state index contributed by atoms with van der Waals surface area (Å²) in [6.07, 6.45) is 0.450. The maximum absolute atomic E-state index is 13.9. The molecule has 7 heteroatoms. The van der Waals surface area contributed by atoms with Crippen molar-refractivity contribution in [1.29, 1.82) is 0 Å². The van der Waals surface area contributed by atoms with Crippen LogP contribution < -0.4 is 15.3 Å². The van der Waals surface area contributed by atoms with E-state index in [1.54, 1.807) is 19.1 Å². The Morgan fingerprint density at radius 3 is 2.80 bits per heavy atom. The molecule has 1 aliphatic heterocycles. The van der Waals surface area contributed by atoms with Gasteiger partial charge < -0.3 is 13.9 Å². The van der Waals surface area contributed by atoms with Gasteiger partial charge in [-0.15, -0.1) is 0 Å². The predicted molar refractivity (Wildman–Crippen MR) is 108 cm³/mol. The lowest BCUT2D eigenvalue weighted by atomic mass is 10.00. The van der Waals surface area contributed by atoms with Gasteiger partial charge >= 0.3 is 11.6 Å². The molecular weight excluding hydrogens is 389 g/mol. The van der Waals surface area contributed by atoms with E-state index in [1.165, 1.54) is 13.2 Å². The topological polar surface area (TPSA) is 70.2 Å². The zero-order chi connectivity index (χ0) is 21.3. The highest BCUT2D eigenvalue weighted by molar-refractivity contribution is 5.87. The number of methoxy groups -OCH3 is 1. The first kappa shape index (κ1) is 20.1. The van der Waals surface area contributed by atoms with Crippen molar-refractivity contribution < 1.29 is 28.0 Å². The molecule has 1 aromatic heterocycles. The van der Waals surface area contributed by atoms with E-state index >= 15 is 0 Å². The van der Waals surface area contributed by atoms with Gasteiger partial charge in [0.05, 0.1) is 31.2 Å². The number of esters is 1. The van der Waals surface area contributed by atoms with Gasteiger partial charge in [-0.05, 0) is 36.2 Å². The summed E-state index contributed by atoms with van der Waals surface area (Å²) >= 11 is 0. The Labute approximate surface area is 172 Å². The Morgan fingerprint density at radius 1 is 1.23 bits per heavy atom. The highest BCUT2D eigenvalue weighted by Crippen LogP contribution is 2.30. The number of hydrogen-bond acceptors (Lipinski definition) is 5. The molecule has 1 atom stereocenters. The van der Waals surface area contributed by atoms with Crippen molar-refractivity contribution in [3.63, 3.8) is 0 Å². The Hall–Kier alpha value is -3.19. The highest BCUT2D eigenvalue weighted by atomic mass is 19.1. The van der Waals surface area contributed by atoms with E-state index in [2.05, 4.69) is 4.74 Å². The summed E-state index contributed by atoms with van der Waals surface area (Å²) in [5.74, 6) is -0.0179. The molecule has 2 aromatic carbocycles. The Balaban J connectivity index is 1.63. The SMILES string of the molecule is COC(=O)Cc1c(C)c2ccc3c(c2oc1=O)C[NH+](CCc1ccccc1F)CO3. The second kappa shape index (κ2) is 8.28. The fraction of sp³-hybridized carbons (Fsp3) is 0.304. The molecule has 2 heterocycles. The van der Waals surface area contributed by atoms with Gasteiger partial charge in [0, 0.05) is 11.8 Å². The van der Waals surface area contributed by atoms with Crippen molar-refractivity contribution >= 4 is 16.9 Å². The molecular formula is C23H23FNO5+. The first-order valence-electron chi connectivity index (χ1n) is 9.82. The van der Waals surface area contributed by atoms with Crippen LogP contribution in [0, 0.1) is 12.7 Å². The number of carbonyl (C=O) groups is 1. The maximum atomic E-state index is 13.9. The van der Waals surface area contributed by atoms with Crippen LogP contribution in [0.25, 0.3) is 11.0 Å². The van der Waals surface area contributed by atoms with E-state index < -0.39 is 11.6 Å². The Bertz CT molecular complexity index is 1170. The number of rotatable bonds is 5. The quantitative estimate of drug-likeness (QED) is 0.512. The molecule has 4 rings (SSSR count). The number of nitrogens with one attached hydrogen (secondary N) is 1. The third-order valence-electron chi connectivity index (χ3n) is 5.63. The standard InChI is InChI=1S/C23H22FNO5/c1-14-16-7-8-20-18(22(16)30-23(27)17(14)11-21(26)28-2)12-25(13-29-20)10-9-15-5-3-4-6-19(15)24/h3-8H,9-13H2,1-2H3/p+1. The molecule has 156 valence electrons. The molecule has 1 unspecified atom stereocenters. The summed E-state index contributed by atoms with van der Waals surface area (Å²) in [6, 6.07) is 10.5. The number of hydrogen-bond donors (Lipinski definition) is 1. The van der Waals surface area contributed by atoms with Gasteiger partial charge in [-0.25, -0.2) is 9.18 Å². The van der Waals surface area contributed by atoms with Crippen molar-refractivity contribution in [2.75, 3.05) is 20.4 Å². The van der Waals surface area contributed by atoms with E-state index in [0.717, 1.165) is 15.8 Å². The van der Waals surface area contributed by atoms with E-state index in [-0.39, 0.29) is 12.2 Å². The lowest BCUT2D eigenvalue weighted by Crippen LogP contribution is -3.12. The summed E-state index contributed by atoms with van der Waals surface area (Å²) in [5, 5.41) is 0.770. The molecule has 30 heavy (non-hydrogen) atoms. The van der Waals surface area contributed by atoms with Gasteiger partial charge in [0.15, 0.2) is 5.58 Å². The second-order valence-corrected chi connectivity index (χ2v) is 7.47. The van der Waals surface area contributed by atoms with Gasteiger partial charge in [-0.2, -0.15) is 0 Å². The summed E-state index contributed by atoms with van der Waals surface area (Å²) in [4.78, 5) is 25.3. The summed E-state index contributed by atoms with van der Waals surface area (Å²) in [7, 11) is 1.28. The fourth-order valence-electron chi connectivity index (χ4n) is 3.87. The normalized spacial score (nSPS) is 15.5. The number of carbonyl (C=O) groups excluding carboxylic acids is 1. The van der Waals surface area contributed by atoms with Gasteiger partial charge in [0.1, 0.15) is 18.1 Å². The van der Waals surface area contributed by atoms with Crippen molar-refractivity contribution in [2.24, 2.45) is 0 Å². The number of benzene rings is 2. The number of halogens is 1. The van der Waals surface area contributed by atoms with E-state index in [1.807, 2.05) is 18.2 Å². The largest absolute Gasteiger partial charge is 0.469 e. The van der Waals surface area contributed by atoms with Crippen LogP contribution in [-0.2, 0) is 28.9 Å². The maximum Gasteiger partial charge on any atom is 0.340 e. The van der Waals surface area contributed by atoms with Gasteiger partial charge in [0.25, 0.3) is 0 Å². The monoisotopic (exact) mass is 412 g/mol. The molecule has 0 amide bonds. The predicted octanol–water partition coefficient (Wildman–Crippen LogP) is 1.93. The van der Waals surface area contributed by atoms with Crippen molar-refractivity contribution in [3.05, 3.63) is 74.9 Å². The fourth-order valence-corrected chi connectivity index (χ4v) is 3.87. The molecule has 0 aliphatic carbocycles. The van der Waals surface area contributed by atoms with E-state index in [0.29, 0.717) is 54.3 Å². The minimum Gasteiger partial charge on any atom is -0.469 e. The van der Waals surface area contributed by atoms with Gasteiger partial charge in [-0.1, -0.05) is 18.2 Å². The Kier molecular flexibility index (Phi) is 5.55. The molecule has 0 spiro atoms. The molecule has 0 fully saturated rings. The lowest BCUT2D eigenvalue weighted by molar-refractivity contribution is -0.932. The zero-order valence-corrected chi connectivity index (χ0v) is 16.9. The molecule has 3 aromatic rings. The number of ether oxygens (including phenoxy) is 2.